The summed E-state index contributed by atoms with van der Waals surface area (Å²) in [4.78, 5) is 12.9. The van der Waals surface area contributed by atoms with Crippen molar-refractivity contribution in [3.05, 3.63) is 29.3 Å². The molecule has 1 aliphatic heterocycles. The van der Waals surface area contributed by atoms with E-state index in [2.05, 4.69) is 5.32 Å². The van der Waals surface area contributed by atoms with Crippen molar-refractivity contribution in [2.45, 2.75) is 19.6 Å². The van der Waals surface area contributed by atoms with Gasteiger partial charge in [-0.3, -0.25) is 0 Å². The number of rotatable bonds is 1. The molecule has 4 heteroatoms. The molecule has 2 N–H and O–H groups in total. The molecular weight excluding hydrogens is 192 g/mol. The Kier molecular flexibility index (Phi) is 2.36. The average molecular weight is 206 g/mol. The highest BCUT2D eigenvalue weighted by molar-refractivity contribution is 5.92. The lowest BCUT2D eigenvalue weighted by molar-refractivity contribution is 0.199. The molecule has 0 aromatic heterocycles. The number of carbonyl (C=O) groups is 1. The number of fused-ring (bicyclic) bond motifs is 1. The van der Waals surface area contributed by atoms with Gasteiger partial charge in [0.2, 0.25) is 0 Å². The molecule has 0 aliphatic carbocycles. The van der Waals surface area contributed by atoms with E-state index in [1.165, 1.54) is 0 Å². The molecule has 0 radical (unpaired) electrons. The molecule has 4 nitrogen and oxygen atoms in total. The van der Waals surface area contributed by atoms with Gasteiger partial charge in [-0.25, -0.2) is 4.79 Å². The molecule has 0 saturated heterocycles. The van der Waals surface area contributed by atoms with Crippen LogP contribution in [-0.4, -0.2) is 23.1 Å². The van der Waals surface area contributed by atoms with Crippen LogP contribution < -0.4 is 5.32 Å². The van der Waals surface area contributed by atoms with Crippen molar-refractivity contribution in [3.63, 3.8) is 0 Å². The van der Waals surface area contributed by atoms with E-state index < -0.39 is 6.10 Å². The number of amides is 2. The molecule has 1 aromatic rings. The largest absolute Gasteiger partial charge is 0.389 e. The number of urea groups is 1. The topological polar surface area (TPSA) is 52.6 Å². The summed E-state index contributed by atoms with van der Waals surface area (Å²) in [5, 5.41) is 12.2. The summed E-state index contributed by atoms with van der Waals surface area (Å²) in [6, 6.07) is 5.50. The van der Waals surface area contributed by atoms with Gasteiger partial charge in [0.25, 0.3) is 0 Å². The van der Waals surface area contributed by atoms with Crippen molar-refractivity contribution in [3.8, 4) is 0 Å². The summed E-state index contributed by atoms with van der Waals surface area (Å²) in [6.45, 7) is 2.31. The van der Waals surface area contributed by atoms with E-state index >= 15 is 0 Å². The van der Waals surface area contributed by atoms with Crippen molar-refractivity contribution in [2.24, 2.45) is 0 Å². The number of hydrogen-bond acceptors (Lipinski definition) is 2. The van der Waals surface area contributed by atoms with E-state index in [-0.39, 0.29) is 6.03 Å². The van der Waals surface area contributed by atoms with Crippen LogP contribution in [-0.2, 0) is 6.54 Å². The minimum Gasteiger partial charge on any atom is -0.389 e. The fraction of sp³-hybridized carbons (Fsp3) is 0.364. The van der Waals surface area contributed by atoms with Crippen molar-refractivity contribution in [1.82, 2.24) is 4.90 Å². The van der Waals surface area contributed by atoms with E-state index in [0.717, 1.165) is 16.8 Å². The number of benzene rings is 1. The van der Waals surface area contributed by atoms with Gasteiger partial charge in [-0.2, -0.15) is 0 Å². The van der Waals surface area contributed by atoms with Gasteiger partial charge in [0.05, 0.1) is 6.10 Å². The van der Waals surface area contributed by atoms with Crippen LogP contribution in [0.3, 0.4) is 0 Å². The second kappa shape index (κ2) is 3.55. The normalized spacial score (nSPS) is 17.0. The summed E-state index contributed by atoms with van der Waals surface area (Å²) >= 11 is 0. The van der Waals surface area contributed by atoms with Crippen LogP contribution in [0.4, 0.5) is 10.5 Å². The lowest BCUT2D eigenvalue weighted by Gasteiger charge is -2.26. The van der Waals surface area contributed by atoms with Gasteiger partial charge < -0.3 is 15.3 Å². The van der Waals surface area contributed by atoms with E-state index in [4.69, 9.17) is 0 Å². The highest BCUT2D eigenvalue weighted by Crippen LogP contribution is 2.25. The molecule has 1 atom stereocenters. The molecule has 0 fully saturated rings. The third-order valence-corrected chi connectivity index (χ3v) is 2.61. The van der Waals surface area contributed by atoms with Crippen LogP contribution in [0.15, 0.2) is 18.2 Å². The maximum Gasteiger partial charge on any atom is 0.321 e. The quantitative estimate of drug-likeness (QED) is 0.735. The molecule has 15 heavy (non-hydrogen) atoms. The first kappa shape index (κ1) is 9.98. The van der Waals surface area contributed by atoms with E-state index in [1.54, 1.807) is 18.9 Å². The predicted octanol–water partition coefficient (Wildman–Crippen LogP) is 1.72. The SMILES string of the molecule is CC(O)c1ccc2c(c1)CN(C)C(=O)N2. The van der Waals surface area contributed by atoms with Gasteiger partial charge >= 0.3 is 6.03 Å². The zero-order valence-electron chi connectivity index (χ0n) is 8.82. The molecule has 1 heterocycles. The van der Waals surface area contributed by atoms with Crippen LogP contribution in [0.1, 0.15) is 24.2 Å². The lowest BCUT2D eigenvalue weighted by atomic mass is 10.0. The minimum absolute atomic E-state index is 0.0905. The Hall–Kier alpha value is -1.55. The zero-order chi connectivity index (χ0) is 11.0. The number of nitrogens with zero attached hydrogens (tertiary/aromatic N) is 1. The monoisotopic (exact) mass is 206 g/mol. The summed E-state index contributed by atoms with van der Waals surface area (Å²) in [5.41, 5.74) is 2.75. The molecule has 1 unspecified atom stereocenters. The van der Waals surface area contributed by atoms with Crippen molar-refractivity contribution >= 4 is 11.7 Å². The molecule has 1 aromatic carbocycles. The Morgan fingerprint density at radius 2 is 2.27 bits per heavy atom. The van der Waals surface area contributed by atoms with E-state index in [9.17, 15) is 9.90 Å². The molecule has 1 aliphatic rings. The zero-order valence-corrected chi connectivity index (χ0v) is 8.82. The van der Waals surface area contributed by atoms with E-state index in [0.29, 0.717) is 6.54 Å². The minimum atomic E-state index is -0.474. The standard InChI is InChI=1S/C11H14N2O2/c1-7(14)8-3-4-10-9(5-8)6-13(2)11(15)12-10/h3-5,7,14H,6H2,1-2H3,(H,12,15). The summed E-state index contributed by atoms with van der Waals surface area (Å²) in [6.07, 6.45) is -0.474. The first-order valence-electron chi connectivity index (χ1n) is 4.91. The second-order valence-electron chi connectivity index (χ2n) is 3.88. The first-order chi connectivity index (χ1) is 7.08. The number of aliphatic hydroxyl groups excluding tert-OH is 1. The van der Waals surface area contributed by atoms with Gasteiger partial charge in [-0.1, -0.05) is 6.07 Å². The molecule has 0 bridgehead atoms. The number of hydrogen-bond donors (Lipinski definition) is 2. The molecular formula is C11H14N2O2. The summed E-state index contributed by atoms with van der Waals surface area (Å²) in [5.74, 6) is 0. The third-order valence-electron chi connectivity index (χ3n) is 2.61. The number of carbonyl (C=O) groups excluding carboxylic acids is 1. The maximum atomic E-state index is 11.3. The Bertz CT molecular complexity index is 402. The van der Waals surface area contributed by atoms with Gasteiger partial charge in [-0.15, -0.1) is 0 Å². The Morgan fingerprint density at radius 3 is 2.93 bits per heavy atom. The van der Waals surface area contributed by atoms with Gasteiger partial charge in [0.15, 0.2) is 0 Å². The molecule has 2 rings (SSSR count). The highest BCUT2D eigenvalue weighted by Gasteiger charge is 2.19. The van der Waals surface area contributed by atoms with Gasteiger partial charge in [-0.05, 0) is 30.2 Å². The second-order valence-corrected chi connectivity index (χ2v) is 3.88. The van der Waals surface area contributed by atoms with Gasteiger partial charge in [0, 0.05) is 19.3 Å². The average Bonchev–Trinajstić information content (AvgIpc) is 2.19. The van der Waals surface area contributed by atoms with Crippen LogP contribution >= 0.6 is 0 Å². The fourth-order valence-corrected chi connectivity index (χ4v) is 1.66. The first-order valence-corrected chi connectivity index (χ1v) is 4.91. The molecule has 0 saturated carbocycles. The number of anilines is 1. The van der Waals surface area contributed by atoms with Crippen LogP contribution in [0, 0.1) is 0 Å². The molecule has 80 valence electrons. The van der Waals surface area contributed by atoms with Crippen LogP contribution in [0.25, 0.3) is 0 Å². The van der Waals surface area contributed by atoms with Crippen molar-refractivity contribution < 1.29 is 9.90 Å². The van der Waals surface area contributed by atoms with E-state index in [1.807, 2.05) is 18.2 Å². The van der Waals surface area contributed by atoms with Crippen LogP contribution in [0.2, 0.25) is 0 Å². The Balaban J connectivity index is 2.37. The summed E-state index contributed by atoms with van der Waals surface area (Å²) < 4.78 is 0. The van der Waals surface area contributed by atoms with Crippen LogP contribution in [0.5, 0.6) is 0 Å². The van der Waals surface area contributed by atoms with Crippen molar-refractivity contribution in [1.29, 1.82) is 0 Å². The number of nitrogens with one attached hydrogen (secondary N) is 1. The highest BCUT2D eigenvalue weighted by atomic mass is 16.3. The Morgan fingerprint density at radius 1 is 1.53 bits per heavy atom. The fourth-order valence-electron chi connectivity index (χ4n) is 1.66. The summed E-state index contributed by atoms with van der Waals surface area (Å²) in [7, 11) is 1.74. The number of aliphatic hydroxyl groups is 1. The van der Waals surface area contributed by atoms with Crippen molar-refractivity contribution in [2.75, 3.05) is 12.4 Å². The smallest absolute Gasteiger partial charge is 0.321 e. The Labute approximate surface area is 88.5 Å². The predicted molar refractivity (Wildman–Crippen MR) is 57.6 cm³/mol. The lowest BCUT2D eigenvalue weighted by Crippen LogP contribution is -2.35. The molecule has 0 spiro atoms. The molecule has 2 amide bonds. The maximum absolute atomic E-state index is 11.3. The van der Waals surface area contributed by atoms with Gasteiger partial charge in [0.1, 0.15) is 0 Å². The third kappa shape index (κ3) is 1.80.